The van der Waals surface area contributed by atoms with Gasteiger partial charge in [-0.05, 0) is 42.4 Å². The Kier molecular flexibility index (Phi) is 2.11. The second-order valence-corrected chi connectivity index (χ2v) is 4.80. The van der Waals surface area contributed by atoms with E-state index in [0.717, 1.165) is 19.3 Å². The monoisotopic (exact) mass is 206 g/mol. The third-order valence-corrected chi connectivity index (χ3v) is 3.85. The van der Waals surface area contributed by atoms with Crippen molar-refractivity contribution in [3.05, 3.63) is 22.9 Å². The first-order chi connectivity index (χ1) is 7.29. The predicted octanol–water partition coefficient (Wildman–Crippen LogP) is 1.07. The molecular formula is C12H18N2O. The van der Waals surface area contributed by atoms with Gasteiger partial charge < -0.3 is 15.8 Å². The molecule has 3 N–H and O–H groups in total. The molecule has 0 radical (unpaired) electrons. The molecule has 3 unspecified atom stereocenters. The zero-order valence-electron chi connectivity index (χ0n) is 9.12. The normalized spacial score (nSPS) is 38.5. The zero-order chi connectivity index (χ0) is 10.4. The van der Waals surface area contributed by atoms with Gasteiger partial charge in [-0.3, -0.25) is 0 Å². The number of nitrogens with two attached hydrogens (primary N) is 1. The van der Waals surface area contributed by atoms with Gasteiger partial charge in [-0.2, -0.15) is 0 Å². The first kappa shape index (κ1) is 9.43. The van der Waals surface area contributed by atoms with E-state index in [9.17, 15) is 0 Å². The summed E-state index contributed by atoms with van der Waals surface area (Å²) in [6.45, 7) is 0. The summed E-state index contributed by atoms with van der Waals surface area (Å²) in [4.78, 5) is 0. The molecule has 0 aromatic carbocycles. The average molecular weight is 206 g/mol. The molecule has 0 fully saturated rings. The Balaban J connectivity index is 2.04. The Morgan fingerprint density at radius 2 is 2.27 bits per heavy atom. The molecule has 0 amide bonds. The lowest BCUT2D eigenvalue weighted by Crippen LogP contribution is -2.37. The van der Waals surface area contributed by atoms with Crippen LogP contribution >= 0.6 is 0 Å². The van der Waals surface area contributed by atoms with E-state index in [-0.39, 0.29) is 6.04 Å². The van der Waals surface area contributed by atoms with Crippen molar-refractivity contribution >= 4 is 0 Å². The first-order valence-corrected chi connectivity index (χ1v) is 5.76. The Morgan fingerprint density at radius 3 is 3.07 bits per heavy atom. The fraction of sp³-hybridized carbons (Fsp3) is 0.667. The molecule has 3 atom stereocenters. The lowest BCUT2D eigenvalue weighted by Gasteiger charge is -2.35. The molecule has 3 aliphatic rings. The summed E-state index contributed by atoms with van der Waals surface area (Å²) < 4.78 is 5.56. The molecule has 82 valence electrons. The number of methoxy groups -OCH3 is 1. The van der Waals surface area contributed by atoms with Crippen LogP contribution in [0.25, 0.3) is 0 Å². The lowest BCUT2D eigenvalue weighted by atomic mass is 9.75. The van der Waals surface area contributed by atoms with Crippen LogP contribution in [0.3, 0.4) is 0 Å². The molecule has 0 aromatic heterocycles. The van der Waals surface area contributed by atoms with Crippen LogP contribution in [0.4, 0.5) is 0 Å². The summed E-state index contributed by atoms with van der Waals surface area (Å²) in [7, 11) is 1.81. The van der Waals surface area contributed by atoms with Gasteiger partial charge >= 0.3 is 0 Å². The highest BCUT2D eigenvalue weighted by molar-refractivity contribution is 5.49. The van der Waals surface area contributed by atoms with E-state index in [4.69, 9.17) is 10.5 Å². The minimum absolute atomic E-state index is 0.284. The van der Waals surface area contributed by atoms with Crippen molar-refractivity contribution in [3.63, 3.8) is 0 Å². The standard InChI is InChI=1S/C12H18N2O/c1-15-11-3-2-10-12-7(6-14-10)4-8(13)5-9(11)12/h6,8,10-11,14H,2-5,13H2,1H3. The number of nitrogens with one attached hydrogen (secondary N) is 1. The van der Waals surface area contributed by atoms with Crippen molar-refractivity contribution in [2.75, 3.05) is 7.11 Å². The van der Waals surface area contributed by atoms with Crippen LogP contribution in [-0.4, -0.2) is 25.3 Å². The summed E-state index contributed by atoms with van der Waals surface area (Å²) in [5.74, 6) is 0. The molecular weight excluding hydrogens is 188 g/mol. The van der Waals surface area contributed by atoms with Gasteiger partial charge in [-0.1, -0.05) is 0 Å². The fourth-order valence-corrected chi connectivity index (χ4v) is 3.22. The summed E-state index contributed by atoms with van der Waals surface area (Å²) in [5.41, 5.74) is 10.5. The number of ether oxygens (including phenoxy) is 1. The number of hydrogen-bond acceptors (Lipinski definition) is 3. The van der Waals surface area contributed by atoms with E-state index in [1.54, 1.807) is 0 Å². The van der Waals surface area contributed by atoms with Crippen molar-refractivity contribution in [3.8, 4) is 0 Å². The SMILES string of the molecule is COC1CCC2NC=C3CC(N)CC1=C32. The van der Waals surface area contributed by atoms with Crippen molar-refractivity contribution in [2.45, 2.75) is 43.9 Å². The topological polar surface area (TPSA) is 47.3 Å². The molecule has 3 rings (SSSR count). The molecule has 15 heavy (non-hydrogen) atoms. The van der Waals surface area contributed by atoms with Crippen molar-refractivity contribution in [1.29, 1.82) is 0 Å². The lowest BCUT2D eigenvalue weighted by molar-refractivity contribution is 0.109. The van der Waals surface area contributed by atoms with E-state index < -0.39 is 0 Å². The minimum atomic E-state index is 0.284. The Hall–Kier alpha value is -0.800. The molecule has 3 nitrogen and oxygen atoms in total. The van der Waals surface area contributed by atoms with Crippen LogP contribution < -0.4 is 11.1 Å². The van der Waals surface area contributed by atoms with E-state index in [1.807, 2.05) is 7.11 Å². The highest BCUT2D eigenvalue weighted by Crippen LogP contribution is 2.41. The summed E-state index contributed by atoms with van der Waals surface area (Å²) in [6.07, 6.45) is 6.83. The minimum Gasteiger partial charge on any atom is -0.384 e. The van der Waals surface area contributed by atoms with Crippen LogP contribution in [0.15, 0.2) is 22.9 Å². The van der Waals surface area contributed by atoms with E-state index in [2.05, 4.69) is 11.5 Å². The van der Waals surface area contributed by atoms with E-state index in [0.29, 0.717) is 12.1 Å². The van der Waals surface area contributed by atoms with Gasteiger partial charge in [0, 0.05) is 19.4 Å². The van der Waals surface area contributed by atoms with Crippen LogP contribution in [0.1, 0.15) is 25.7 Å². The molecule has 1 aliphatic heterocycles. The molecule has 0 saturated carbocycles. The molecule has 0 bridgehead atoms. The van der Waals surface area contributed by atoms with Gasteiger partial charge in [-0.25, -0.2) is 0 Å². The molecule has 3 heteroatoms. The summed E-state index contributed by atoms with van der Waals surface area (Å²) >= 11 is 0. The third kappa shape index (κ3) is 1.34. The van der Waals surface area contributed by atoms with Gasteiger partial charge in [0.05, 0.1) is 12.1 Å². The van der Waals surface area contributed by atoms with Crippen LogP contribution in [0, 0.1) is 0 Å². The number of hydrogen-bond donors (Lipinski definition) is 2. The van der Waals surface area contributed by atoms with Gasteiger partial charge in [-0.15, -0.1) is 0 Å². The van der Waals surface area contributed by atoms with Crippen LogP contribution in [-0.2, 0) is 4.74 Å². The molecule has 0 aromatic rings. The smallest absolute Gasteiger partial charge is 0.0789 e. The molecule has 0 spiro atoms. The number of rotatable bonds is 1. The Bertz CT molecular complexity index is 346. The average Bonchev–Trinajstić information content (AvgIpc) is 2.63. The first-order valence-electron chi connectivity index (χ1n) is 5.76. The van der Waals surface area contributed by atoms with E-state index >= 15 is 0 Å². The van der Waals surface area contributed by atoms with Crippen molar-refractivity contribution < 1.29 is 4.74 Å². The predicted molar refractivity (Wildman–Crippen MR) is 59.3 cm³/mol. The van der Waals surface area contributed by atoms with Crippen LogP contribution in [0.2, 0.25) is 0 Å². The van der Waals surface area contributed by atoms with E-state index in [1.165, 1.54) is 23.1 Å². The maximum Gasteiger partial charge on any atom is 0.0789 e. The summed E-state index contributed by atoms with van der Waals surface area (Å²) in [5, 5.41) is 3.46. The second-order valence-electron chi connectivity index (χ2n) is 4.80. The van der Waals surface area contributed by atoms with Gasteiger partial charge in [0.2, 0.25) is 0 Å². The maximum atomic E-state index is 6.08. The fourth-order valence-electron chi connectivity index (χ4n) is 3.22. The van der Waals surface area contributed by atoms with Gasteiger partial charge in [0.1, 0.15) is 0 Å². The highest BCUT2D eigenvalue weighted by atomic mass is 16.5. The van der Waals surface area contributed by atoms with Crippen molar-refractivity contribution in [2.24, 2.45) is 5.73 Å². The molecule has 0 saturated heterocycles. The quantitative estimate of drug-likeness (QED) is 0.674. The molecule has 1 heterocycles. The second kappa shape index (κ2) is 3.35. The Labute approximate surface area is 90.4 Å². The summed E-state index contributed by atoms with van der Waals surface area (Å²) in [6, 6.07) is 0.834. The third-order valence-electron chi connectivity index (χ3n) is 3.85. The zero-order valence-corrected chi connectivity index (χ0v) is 9.12. The highest BCUT2D eigenvalue weighted by Gasteiger charge is 2.37. The largest absolute Gasteiger partial charge is 0.384 e. The van der Waals surface area contributed by atoms with Crippen molar-refractivity contribution in [1.82, 2.24) is 5.32 Å². The van der Waals surface area contributed by atoms with Crippen LogP contribution in [0.5, 0.6) is 0 Å². The maximum absolute atomic E-state index is 6.08. The Morgan fingerprint density at radius 1 is 1.40 bits per heavy atom. The molecule has 2 aliphatic carbocycles. The van der Waals surface area contributed by atoms with Gasteiger partial charge in [0.25, 0.3) is 0 Å². The van der Waals surface area contributed by atoms with Gasteiger partial charge in [0.15, 0.2) is 0 Å².